The molecule has 0 heterocycles. The molecule has 0 N–H and O–H groups in total. The van der Waals surface area contributed by atoms with Gasteiger partial charge in [0.2, 0.25) is 0 Å². The van der Waals surface area contributed by atoms with Crippen molar-refractivity contribution in [2.45, 2.75) is 6.61 Å². The van der Waals surface area contributed by atoms with E-state index in [9.17, 15) is 4.39 Å². The minimum absolute atomic E-state index is 0.116. The molecule has 0 saturated heterocycles. The highest BCUT2D eigenvalue weighted by molar-refractivity contribution is 9.10. The van der Waals surface area contributed by atoms with Crippen LogP contribution >= 0.6 is 27.5 Å². The van der Waals surface area contributed by atoms with Crippen molar-refractivity contribution in [3.63, 3.8) is 0 Å². The molecular formula is C17H11BrClFO. The lowest BCUT2D eigenvalue weighted by Crippen LogP contribution is -1.97. The lowest BCUT2D eigenvalue weighted by atomic mass is 10.1. The fraction of sp³-hybridized carbons (Fsp3) is 0.0588. The summed E-state index contributed by atoms with van der Waals surface area (Å²) in [5.74, 6) is 0.291. The van der Waals surface area contributed by atoms with E-state index in [4.69, 9.17) is 16.3 Å². The SMILES string of the molecule is Fc1cc(COc2ccc3ccccc3c2Br)ccc1Cl. The molecule has 4 heteroatoms. The van der Waals surface area contributed by atoms with E-state index in [0.717, 1.165) is 26.6 Å². The highest BCUT2D eigenvalue weighted by Crippen LogP contribution is 2.33. The van der Waals surface area contributed by atoms with E-state index in [0.29, 0.717) is 0 Å². The Morgan fingerprint density at radius 2 is 1.86 bits per heavy atom. The van der Waals surface area contributed by atoms with Crippen molar-refractivity contribution < 1.29 is 9.13 Å². The maximum absolute atomic E-state index is 13.4. The first-order valence-electron chi connectivity index (χ1n) is 6.39. The molecular weight excluding hydrogens is 355 g/mol. The molecule has 106 valence electrons. The van der Waals surface area contributed by atoms with Crippen LogP contribution in [0.1, 0.15) is 5.56 Å². The van der Waals surface area contributed by atoms with Gasteiger partial charge in [0.25, 0.3) is 0 Å². The van der Waals surface area contributed by atoms with Gasteiger partial charge in [-0.2, -0.15) is 0 Å². The molecule has 0 amide bonds. The van der Waals surface area contributed by atoms with Crippen molar-refractivity contribution in [3.8, 4) is 5.75 Å². The van der Waals surface area contributed by atoms with Gasteiger partial charge < -0.3 is 4.74 Å². The third kappa shape index (κ3) is 3.04. The molecule has 0 aromatic heterocycles. The average molecular weight is 366 g/mol. The zero-order valence-electron chi connectivity index (χ0n) is 10.9. The van der Waals surface area contributed by atoms with Crippen LogP contribution in [0, 0.1) is 5.82 Å². The van der Waals surface area contributed by atoms with E-state index in [1.54, 1.807) is 6.07 Å². The number of halogens is 3. The van der Waals surface area contributed by atoms with E-state index in [2.05, 4.69) is 15.9 Å². The molecule has 0 aliphatic carbocycles. The molecule has 3 rings (SSSR count). The summed E-state index contributed by atoms with van der Waals surface area (Å²) in [4.78, 5) is 0. The first kappa shape index (κ1) is 14.4. The number of benzene rings is 3. The number of hydrogen-bond acceptors (Lipinski definition) is 1. The van der Waals surface area contributed by atoms with E-state index >= 15 is 0 Å². The Balaban J connectivity index is 1.85. The topological polar surface area (TPSA) is 9.23 Å². The Morgan fingerprint density at radius 3 is 2.67 bits per heavy atom. The maximum atomic E-state index is 13.4. The lowest BCUT2D eigenvalue weighted by Gasteiger charge is -2.10. The van der Waals surface area contributed by atoms with Gasteiger partial charge in [0.15, 0.2) is 0 Å². The normalized spacial score (nSPS) is 10.8. The van der Waals surface area contributed by atoms with Crippen LogP contribution in [0.5, 0.6) is 5.75 Å². The molecule has 21 heavy (non-hydrogen) atoms. The van der Waals surface area contributed by atoms with Crippen LogP contribution in [0.25, 0.3) is 10.8 Å². The summed E-state index contributed by atoms with van der Waals surface area (Å²) in [6.45, 7) is 0.283. The van der Waals surface area contributed by atoms with Crippen molar-refractivity contribution in [1.29, 1.82) is 0 Å². The van der Waals surface area contributed by atoms with Crippen LogP contribution < -0.4 is 4.74 Å². The summed E-state index contributed by atoms with van der Waals surface area (Å²) in [6.07, 6.45) is 0. The second-order valence-corrected chi connectivity index (χ2v) is 5.84. The molecule has 0 aliphatic rings. The van der Waals surface area contributed by atoms with Crippen molar-refractivity contribution >= 4 is 38.3 Å². The van der Waals surface area contributed by atoms with Gasteiger partial charge in [0.05, 0.1) is 9.50 Å². The quantitative estimate of drug-likeness (QED) is 0.555. The Kier molecular flexibility index (Phi) is 4.13. The van der Waals surface area contributed by atoms with Gasteiger partial charge in [-0.05, 0) is 50.5 Å². The molecule has 3 aromatic carbocycles. The standard InChI is InChI=1S/C17H11BrClFO/c18-17-13-4-2-1-3-12(13)6-8-16(17)21-10-11-5-7-14(19)15(20)9-11/h1-9H,10H2. The van der Waals surface area contributed by atoms with Crippen molar-refractivity contribution in [3.05, 3.63) is 75.5 Å². The van der Waals surface area contributed by atoms with Crippen molar-refractivity contribution in [2.75, 3.05) is 0 Å². The Morgan fingerprint density at radius 1 is 1.05 bits per heavy atom. The molecule has 3 aromatic rings. The summed E-state index contributed by atoms with van der Waals surface area (Å²) in [6, 6.07) is 16.6. The molecule has 0 fully saturated rings. The van der Waals surface area contributed by atoms with Gasteiger partial charge in [0, 0.05) is 0 Å². The summed E-state index contributed by atoms with van der Waals surface area (Å²) < 4.78 is 20.1. The second kappa shape index (κ2) is 6.04. The second-order valence-electron chi connectivity index (χ2n) is 4.64. The largest absolute Gasteiger partial charge is 0.488 e. The van der Waals surface area contributed by atoms with Gasteiger partial charge in [-0.25, -0.2) is 4.39 Å². The summed E-state index contributed by atoms with van der Waals surface area (Å²) in [7, 11) is 0. The zero-order valence-corrected chi connectivity index (χ0v) is 13.3. The molecule has 0 atom stereocenters. The smallest absolute Gasteiger partial charge is 0.142 e. The molecule has 0 bridgehead atoms. The Hall–Kier alpha value is -1.58. The van der Waals surface area contributed by atoms with E-state index in [-0.39, 0.29) is 11.6 Å². The van der Waals surface area contributed by atoms with Crippen molar-refractivity contribution in [1.82, 2.24) is 0 Å². The Labute approximate surface area is 135 Å². The number of hydrogen-bond donors (Lipinski definition) is 0. The van der Waals surface area contributed by atoms with Crippen molar-refractivity contribution in [2.24, 2.45) is 0 Å². The van der Waals surface area contributed by atoms with Crippen LogP contribution in [0.3, 0.4) is 0 Å². The molecule has 0 saturated carbocycles. The number of ether oxygens (including phenoxy) is 1. The average Bonchev–Trinajstić information content (AvgIpc) is 2.50. The van der Waals surface area contributed by atoms with Crippen LogP contribution in [-0.4, -0.2) is 0 Å². The van der Waals surface area contributed by atoms with Gasteiger partial charge in [0.1, 0.15) is 18.2 Å². The van der Waals surface area contributed by atoms with E-state index in [1.807, 2.05) is 36.4 Å². The summed E-state index contributed by atoms with van der Waals surface area (Å²) >= 11 is 9.23. The van der Waals surface area contributed by atoms with Gasteiger partial charge >= 0.3 is 0 Å². The Bertz CT molecular complexity index is 804. The van der Waals surface area contributed by atoms with Gasteiger partial charge in [-0.1, -0.05) is 48.0 Å². The fourth-order valence-corrected chi connectivity index (χ4v) is 2.84. The van der Waals surface area contributed by atoms with Gasteiger partial charge in [-0.15, -0.1) is 0 Å². The van der Waals surface area contributed by atoms with Crippen LogP contribution in [-0.2, 0) is 6.61 Å². The lowest BCUT2D eigenvalue weighted by molar-refractivity contribution is 0.304. The molecule has 0 spiro atoms. The predicted molar refractivity (Wildman–Crippen MR) is 87.4 cm³/mol. The van der Waals surface area contributed by atoms with Crippen LogP contribution in [0.15, 0.2) is 59.1 Å². The summed E-state index contributed by atoms with van der Waals surface area (Å²) in [5.41, 5.74) is 0.733. The minimum Gasteiger partial charge on any atom is -0.488 e. The molecule has 0 aliphatic heterocycles. The number of rotatable bonds is 3. The minimum atomic E-state index is -0.435. The fourth-order valence-electron chi connectivity index (χ4n) is 2.12. The molecule has 0 radical (unpaired) electrons. The molecule has 0 unspecified atom stereocenters. The first-order chi connectivity index (χ1) is 10.1. The highest BCUT2D eigenvalue weighted by atomic mass is 79.9. The predicted octanol–water partition coefficient (Wildman–Crippen LogP) is 5.97. The summed E-state index contributed by atoms with van der Waals surface area (Å²) in [5, 5.41) is 2.33. The van der Waals surface area contributed by atoms with E-state index in [1.165, 1.54) is 12.1 Å². The molecule has 1 nitrogen and oxygen atoms in total. The number of fused-ring (bicyclic) bond motifs is 1. The monoisotopic (exact) mass is 364 g/mol. The first-order valence-corrected chi connectivity index (χ1v) is 7.56. The zero-order chi connectivity index (χ0) is 14.8. The van der Waals surface area contributed by atoms with Gasteiger partial charge in [-0.3, -0.25) is 0 Å². The van der Waals surface area contributed by atoms with E-state index < -0.39 is 5.82 Å². The highest BCUT2D eigenvalue weighted by Gasteiger charge is 2.07. The maximum Gasteiger partial charge on any atom is 0.142 e. The third-order valence-corrected chi connectivity index (χ3v) is 4.33. The van der Waals surface area contributed by atoms with Crippen LogP contribution in [0.4, 0.5) is 4.39 Å². The third-order valence-electron chi connectivity index (χ3n) is 3.21. The van der Waals surface area contributed by atoms with Crippen LogP contribution in [0.2, 0.25) is 5.02 Å².